The predicted molar refractivity (Wildman–Crippen MR) is 46.8 cm³/mol. The van der Waals surface area contributed by atoms with Crippen molar-refractivity contribution in [3.05, 3.63) is 24.3 Å². The van der Waals surface area contributed by atoms with Crippen molar-refractivity contribution in [2.24, 2.45) is 5.92 Å². The number of carboxylic acid groups (broad SMARTS) is 1. The Morgan fingerprint density at radius 3 is 2.33 bits per heavy atom. The molecule has 2 N–H and O–H groups in total. The zero-order valence-corrected chi connectivity index (χ0v) is 7.32. The van der Waals surface area contributed by atoms with Crippen LogP contribution in [-0.4, -0.2) is 22.3 Å². The summed E-state index contributed by atoms with van der Waals surface area (Å²) in [6.45, 7) is 6.82. The Hall–Kier alpha value is -1.09. The van der Waals surface area contributed by atoms with Crippen LogP contribution in [0, 0.1) is 5.92 Å². The number of carbonyl (C=O) groups is 1. The Morgan fingerprint density at radius 2 is 2.08 bits per heavy atom. The first-order valence-electron chi connectivity index (χ1n) is 3.69. The Balaban J connectivity index is 4.51. The van der Waals surface area contributed by atoms with Crippen LogP contribution in [0.3, 0.4) is 0 Å². The quantitative estimate of drug-likeness (QED) is 0.623. The van der Waals surface area contributed by atoms with Crippen LogP contribution in [-0.2, 0) is 4.79 Å². The molecule has 0 heterocycles. The van der Waals surface area contributed by atoms with Gasteiger partial charge in [0.1, 0.15) is 5.92 Å². The van der Waals surface area contributed by atoms with Crippen molar-refractivity contribution in [1.29, 1.82) is 0 Å². The highest BCUT2D eigenvalue weighted by Gasteiger charge is 2.24. The van der Waals surface area contributed by atoms with Gasteiger partial charge in [0.2, 0.25) is 0 Å². The number of hydrogen-bond donors (Lipinski definition) is 2. The lowest BCUT2D eigenvalue weighted by molar-refractivity contribution is -0.142. The zero-order valence-electron chi connectivity index (χ0n) is 7.32. The van der Waals surface area contributed by atoms with Gasteiger partial charge in [-0.25, -0.2) is 0 Å². The van der Waals surface area contributed by atoms with E-state index in [0.717, 1.165) is 0 Å². The summed E-state index contributed by atoms with van der Waals surface area (Å²) in [6.07, 6.45) is 2.07. The van der Waals surface area contributed by atoms with Crippen LogP contribution in [0.4, 0.5) is 0 Å². The van der Waals surface area contributed by atoms with Gasteiger partial charge in [0.05, 0.1) is 6.10 Å². The highest BCUT2D eigenvalue weighted by molar-refractivity contribution is 5.74. The van der Waals surface area contributed by atoms with Crippen LogP contribution in [0.25, 0.3) is 0 Å². The molecule has 0 saturated carbocycles. The van der Waals surface area contributed by atoms with Gasteiger partial charge >= 0.3 is 5.97 Å². The molecule has 2 atom stereocenters. The first-order chi connectivity index (χ1) is 5.50. The minimum atomic E-state index is -1.05. The highest BCUT2D eigenvalue weighted by Crippen LogP contribution is 2.14. The second-order valence-corrected chi connectivity index (χ2v) is 2.68. The topological polar surface area (TPSA) is 57.5 Å². The number of carboxylic acids is 1. The molecule has 0 aromatic rings. The van der Waals surface area contributed by atoms with Crippen molar-refractivity contribution in [3.63, 3.8) is 0 Å². The van der Waals surface area contributed by atoms with Crippen LogP contribution < -0.4 is 0 Å². The fraction of sp³-hybridized carbons (Fsp3) is 0.444. The molecule has 68 valence electrons. The molecule has 0 aliphatic heterocycles. The minimum absolute atomic E-state index is 0.452. The lowest BCUT2D eigenvalue weighted by atomic mass is 9.95. The minimum Gasteiger partial charge on any atom is -0.481 e. The number of allylic oxidation sites excluding steroid dienone is 1. The van der Waals surface area contributed by atoms with E-state index in [1.807, 2.05) is 0 Å². The van der Waals surface area contributed by atoms with E-state index in [0.29, 0.717) is 5.57 Å². The molecule has 0 saturated heterocycles. The Kier molecular flexibility index (Phi) is 4.29. The maximum atomic E-state index is 10.6. The third-order valence-corrected chi connectivity index (χ3v) is 1.53. The number of aliphatic carboxylic acids is 1. The zero-order chi connectivity index (χ0) is 9.72. The normalized spacial score (nSPS) is 15.9. The SMILES string of the molecule is C=C(C)C(C(=O)O)C(O)/C=C/C. The van der Waals surface area contributed by atoms with E-state index in [4.69, 9.17) is 5.11 Å². The van der Waals surface area contributed by atoms with Crippen molar-refractivity contribution in [1.82, 2.24) is 0 Å². The van der Waals surface area contributed by atoms with E-state index in [1.54, 1.807) is 19.9 Å². The molecule has 3 heteroatoms. The molecule has 0 radical (unpaired) electrons. The summed E-state index contributed by atoms with van der Waals surface area (Å²) < 4.78 is 0. The van der Waals surface area contributed by atoms with Crippen LogP contribution in [0.1, 0.15) is 13.8 Å². The van der Waals surface area contributed by atoms with E-state index >= 15 is 0 Å². The third kappa shape index (κ3) is 2.88. The van der Waals surface area contributed by atoms with E-state index in [-0.39, 0.29) is 0 Å². The third-order valence-electron chi connectivity index (χ3n) is 1.53. The van der Waals surface area contributed by atoms with Crippen molar-refractivity contribution >= 4 is 5.97 Å². The Labute approximate surface area is 72.0 Å². The second-order valence-electron chi connectivity index (χ2n) is 2.68. The summed E-state index contributed by atoms with van der Waals surface area (Å²) >= 11 is 0. The molecule has 0 bridgehead atoms. The predicted octanol–water partition coefficient (Wildman–Crippen LogP) is 1.20. The number of aliphatic hydroxyl groups excluding tert-OH is 1. The van der Waals surface area contributed by atoms with Gasteiger partial charge in [-0.1, -0.05) is 24.3 Å². The van der Waals surface area contributed by atoms with Crippen LogP contribution >= 0.6 is 0 Å². The van der Waals surface area contributed by atoms with Gasteiger partial charge in [0.15, 0.2) is 0 Å². The van der Waals surface area contributed by atoms with Crippen LogP contribution in [0.15, 0.2) is 24.3 Å². The average molecular weight is 170 g/mol. The van der Waals surface area contributed by atoms with E-state index < -0.39 is 18.0 Å². The molecule has 0 aromatic heterocycles. The monoisotopic (exact) mass is 170 g/mol. The van der Waals surface area contributed by atoms with E-state index in [1.165, 1.54) is 6.08 Å². The molecule has 0 rings (SSSR count). The van der Waals surface area contributed by atoms with Gasteiger partial charge in [-0.2, -0.15) is 0 Å². The molecule has 3 nitrogen and oxygen atoms in total. The molecule has 2 unspecified atom stereocenters. The molecule has 0 spiro atoms. The van der Waals surface area contributed by atoms with Crippen molar-refractivity contribution < 1.29 is 15.0 Å². The molecule has 0 amide bonds. The smallest absolute Gasteiger partial charge is 0.313 e. The molecule has 0 aliphatic carbocycles. The maximum Gasteiger partial charge on any atom is 0.313 e. The van der Waals surface area contributed by atoms with Crippen molar-refractivity contribution in [2.75, 3.05) is 0 Å². The standard InChI is InChI=1S/C9H14O3/c1-4-5-7(10)8(6(2)3)9(11)12/h4-5,7-8,10H,2H2,1,3H3,(H,11,12)/b5-4+. The summed E-state index contributed by atoms with van der Waals surface area (Å²) in [5.41, 5.74) is 0.452. The summed E-state index contributed by atoms with van der Waals surface area (Å²) in [6, 6.07) is 0. The van der Waals surface area contributed by atoms with Crippen LogP contribution in [0.2, 0.25) is 0 Å². The first-order valence-corrected chi connectivity index (χ1v) is 3.69. The lowest BCUT2D eigenvalue weighted by Gasteiger charge is -2.15. The molecule has 12 heavy (non-hydrogen) atoms. The van der Waals surface area contributed by atoms with Gasteiger partial charge in [-0.15, -0.1) is 0 Å². The Bertz CT molecular complexity index is 192. The van der Waals surface area contributed by atoms with Gasteiger partial charge in [-0.3, -0.25) is 4.79 Å². The van der Waals surface area contributed by atoms with E-state index in [9.17, 15) is 9.90 Å². The maximum absolute atomic E-state index is 10.6. The van der Waals surface area contributed by atoms with Gasteiger partial charge in [0, 0.05) is 0 Å². The van der Waals surface area contributed by atoms with Crippen molar-refractivity contribution in [3.8, 4) is 0 Å². The van der Waals surface area contributed by atoms with Gasteiger partial charge in [-0.05, 0) is 13.8 Å². The molecule has 0 aromatic carbocycles. The second kappa shape index (κ2) is 4.72. The van der Waals surface area contributed by atoms with Crippen molar-refractivity contribution in [2.45, 2.75) is 20.0 Å². The molecular formula is C9H14O3. The molecule has 0 aliphatic rings. The molecular weight excluding hydrogens is 156 g/mol. The van der Waals surface area contributed by atoms with Gasteiger partial charge in [0.25, 0.3) is 0 Å². The summed E-state index contributed by atoms with van der Waals surface area (Å²) in [4.78, 5) is 10.6. The summed E-state index contributed by atoms with van der Waals surface area (Å²) in [7, 11) is 0. The fourth-order valence-corrected chi connectivity index (χ4v) is 0.957. The number of aliphatic hydroxyl groups is 1. The average Bonchev–Trinajstić information content (AvgIpc) is 1.85. The van der Waals surface area contributed by atoms with Crippen LogP contribution in [0.5, 0.6) is 0 Å². The fourth-order valence-electron chi connectivity index (χ4n) is 0.957. The van der Waals surface area contributed by atoms with E-state index in [2.05, 4.69) is 6.58 Å². The molecule has 0 fully saturated rings. The largest absolute Gasteiger partial charge is 0.481 e. The first kappa shape index (κ1) is 10.9. The summed E-state index contributed by atoms with van der Waals surface area (Å²) in [5, 5.41) is 18.0. The number of hydrogen-bond acceptors (Lipinski definition) is 2. The Morgan fingerprint density at radius 1 is 1.58 bits per heavy atom. The highest BCUT2D eigenvalue weighted by atomic mass is 16.4. The lowest BCUT2D eigenvalue weighted by Crippen LogP contribution is -2.27. The summed E-state index contributed by atoms with van der Waals surface area (Å²) in [5.74, 6) is -1.95. The van der Waals surface area contributed by atoms with Gasteiger partial charge < -0.3 is 10.2 Å². The number of rotatable bonds is 4.